The van der Waals surface area contributed by atoms with Crippen molar-refractivity contribution in [2.24, 2.45) is 5.73 Å². The van der Waals surface area contributed by atoms with E-state index in [9.17, 15) is 79.8 Å². The Balaban J connectivity index is 2.57. The molecule has 0 bridgehead atoms. The largest absolute Gasteiger partial charge is 0.393 e. The van der Waals surface area contributed by atoms with E-state index in [1.165, 1.54) is 0 Å². The Kier molecular flexibility index (Phi) is 9.22. The third-order valence-corrected chi connectivity index (χ3v) is 7.60. The number of hydrogen-bond donors (Lipinski definition) is 2. The second kappa shape index (κ2) is 10.8. The zero-order valence-corrected chi connectivity index (χ0v) is 21.5. The summed E-state index contributed by atoms with van der Waals surface area (Å²) >= 11 is 3.73. The fraction of sp³-hybridized carbons (Fsp3) is 0.700. The average molecular weight is 687 g/mol. The number of carbonyl (C=O) groups excluding carboxylic acids is 2. The first-order chi connectivity index (χ1) is 18.6. The number of nitrogens with one attached hydrogen (secondary N) is 1. The van der Waals surface area contributed by atoms with Crippen molar-refractivity contribution in [1.82, 2.24) is 0 Å². The molecule has 1 aromatic heterocycles. The first-order valence-corrected chi connectivity index (χ1v) is 12.2. The second-order valence-electron chi connectivity index (χ2n) is 8.96. The Bertz CT molecular complexity index is 1210. The van der Waals surface area contributed by atoms with Crippen molar-refractivity contribution < 1.29 is 79.8 Å². The van der Waals surface area contributed by atoms with Gasteiger partial charge in [0.2, 0.25) is 0 Å². The number of thiophene rings is 1. The Hall–Kier alpha value is -2.19. The molecule has 1 heterocycles. The van der Waals surface area contributed by atoms with E-state index < -0.39 is 69.2 Å². The molecule has 2 amide bonds. The maximum atomic E-state index is 14.4. The number of halogens is 17. The van der Waals surface area contributed by atoms with Crippen LogP contribution in [0.3, 0.4) is 0 Å². The molecule has 0 aromatic carbocycles. The van der Waals surface area contributed by atoms with Crippen LogP contribution in [0.15, 0.2) is 0 Å². The third-order valence-electron chi connectivity index (χ3n) is 6.15. The number of aryl methyl sites for hydroxylation is 1. The molecule has 0 saturated carbocycles. The molecule has 22 heteroatoms. The molecule has 2 rings (SSSR count). The van der Waals surface area contributed by atoms with Crippen LogP contribution in [0.25, 0.3) is 0 Å². The van der Waals surface area contributed by atoms with Crippen molar-refractivity contribution in [2.75, 3.05) is 5.32 Å². The van der Waals surface area contributed by atoms with E-state index in [4.69, 9.17) is 5.73 Å². The fourth-order valence-corrected chi connectivity index (χ4v) is 5.16. The quantitative estimate of drug-likeness (QED) is 0.196. The summed E-state index contributed by atoms with van der Waals surface area (Å²) in [5, 5.41) is -7.10. The molecule has 0 saturated heterocycles. The molecule has 1 aliphatic rings. The van der Waals surface area contributed by atoms with Crippen molar-refractivity contribution in [3.8, 4) is 0 Å². The van der Waals surface area contributed by atoms with Gasteiger partial charge in [0, 0.05) is 4.88 Å². The topological polar surface area (TPSA) is 72.2 Å². The van der Waals surface area contributed by atoms with Gasteiger partial charge in [0.15, 0.2) is 0 Å². The normalized spacial score (nSPS) is 16.9. The van der Waals surface area contributed by atoms with Crippen molar-refractivity contribution in [1.29, 1.82) is 0 Å². The summed E-state index contributed by atoms with van der Waals surface area (Å²) in [5.41, 5.74) is 4.38. The van der Waals surface area contributed by atoms with Gasteiger partial charge in [-0.3, -0.25) is 9.59 Å². The number of primary amides is 1. The van der Waals surface area contributed by atoms with Gasteiger partial charge < -0.3 is 11.1 Å². The highest BCUT2D eigenvalue weighted by Crippen LogP contribution is 2.64. The minimum Gasteiger partial charge on any atom is -0.365 e. The summed E-state index contributed by atoms with van der Waals surface area (Å²) in [6.45, 7) is 0. The van der Waals surface area contributed by atoms with Gasteiger partial charge >= 0.3 is 52.7 Å². The lowest BCUT2D eigenvalue weighted by Crippen LogP contribution is -2.75. The molecule has 1 aromatic rings. The van der Waals surface area contributed by atoms with Gasteiger partial charge in [-0.05, 0) is 42.8 Å². The van der Waals surface area contributed by atoms with Crippen molar-refractivity contribution in [3.63, 3.8) is 0 Å². The summed E-state index contributed by atoms with van der Waals surface area (Å²) in [5.74, 6) is -62.6. The highest BCUT2D eigenvalue weighted by Gasteiger charge is 2.95. The molecule has 42 heavy (non-hydrogen) atoms. The Morgan fingerprint density at radius 1 is 0.643 bits per heavy atom. The summed E-state index contributed by atoms with van der Waals surface area (Å²) in [6.07, 6.45) is 2.12. The monoisotopic (exact) mass is 686 g/mol. The number of nitrogens with two attached hydrogens (primary N) is 1. The highest BCUT2D eigenvalue weighted by atomic mass is 35.5. The maximum absolute atomic E-state index is 14.4. The van der Waals surface area contributed by atoms with Gasteiger partial charge in [0.05, 0.1) is 5.56 Å². The van der Waals surface area contributed by atoms with Gasteiger partial charge in [-0.2, -0.15) is 70.2 Å². The molecule has 0 atom stereocenters. The standard InChI is InChI=1S/C20H15ClF16N2O2S/c21-20(36,37)19(34,35)18(32,33)17(30,31)16(28,29)15(26,27)14(24,25)13(22,23)12(41)39-11-9(10(38)40)7-5-3-1-2-4-6-8(7)42-11/h1-6H2,(H2,38,40)(H,39,41). The summed E-state index contributed by atoms with van der Waals surface area (Å²) in [4.78, 5) is 24.0. The Morgan fingerprint density at radius 2 is 1.05 bits per heavy atom. The fourth-order valence-electron chi connectivity index (χ4n) is 3.76. The van der Waals surface area contributed by atoms with Gasteiger partial charge in [-0.1, -0.05) is 12.8 Å². The predicted octanol–water partition coefficient (Wildman–Crippen LogP) is 7.72. The summed E-state index contributed by atoms with van der Waals surface area (Å²) in [7, 11) is 0. The van der Waals surface area contributed by atoms with E-state index in [1.807, 2.05) is 0 Å². The molecule has 0 unspecified atom stereocenters. The van der Waals surface area contributed by atoms with Gasteiger partial charge in [-0.25, -0.2) is 0 Å². The second-order valence-corrected chi connectivity index (χ2v) is 10.5. The number of fused-ring (bicyclic) bond motifs is 1. The molecule has 0 radical (unpaired) electrons. The molecule has 4 nitrogen and oxygen atoms in total. The number of anilines is 1. The molecular formula is C20H15ClF16N2O2S. The van der Waals surface area contributed by atoms with E-state index in [0.717, 1.165) is 5.32 Å². The molecule has 0 spiro atoms. The van der Waals surface area contributed by atoms with E-state index in [1.54, 1.807) is 0 Å². The number of rotatable bonds is 10. The molecule has 242 valence electrons. The lowest BCUT2D eigenvalue weighted by atomic mass is 9.89. The van der Waals surface area contributed by atoms with Crippen LogP contribution in [-0.4, -0.2) is 58.7 Å². The molecule has 0 fully saturated rings. The highest BCUT2D eigenvalue weighted by molar-refractivity contribution is 7.17. The van der Waals surface area contributed by atoms with Crippen LogP contribution < -0.4 is 11.1 Å². The first-order valence-electron chi connectivity index (χ1n) is 11.0. The molecule has 3 N–H and O–H groups in total. The van der Waals surface area contributed by atoms with Gasteiger partial charge in [0.25, 0.3) is 5.91 Å². The first kappa shape index (κ1) is 36.0. The van der Waals surface area contributed by atoms with Crippen molar-refractivity contribution >= 4 is 39.8 Å². The van der Waals surface area contributed by atoms with Crippen LogP contribution in [0.2, 0.25) is 0 Å². The van der Waals surface area contributed by atoms with Crippen LogP contribution in [0.4, 0.5) is 75.2 Å². The van der Waals surface area contributed by atoms with Gasteiger partial charge in [-0.15, -0.1) is 11.3 Å². The summed E-state index contributed by atoms with van der Waals surface area (Å²) < 4.78 is 219. The van der Waals surface area contributed by atoms with Crippen LogP contribution in [-0.2, 0) is 17.6 Å². The molecule has 1 aliphatic carbocycles. The van der Waals surface area contributed by atoms with Gasteiger partial charge in [0.1, 0.15) is 5.00 Å². The van der Waals surface area contributed by atoms with Crippen LogP contribution in [0.1, 0.15) is 46.5 Å². The number of alkyl halides is 17. The number of hydrogen-bond acceptors (Lipinski definition) is 3. The lowest BCUT2D eigenvalue weighted by molar-refractivity contribution is -0.445. The maximum Gasteiger partial charge on any atom is 0.393 e. The van der Waals surface area contributed by atoms with Crippen molar-refractivity contribution in [3.05, 3.63) is 16.0 Å². The predicted molar refractivity (Wildman–Crippen MR) is 113 cm³/mol. The number of amides is 2. The van der Waals surface area contributed by atoms with E-state index in [-0.39, 0.29) is 34.6 Å². The molecular weight excluding hydrogens is 672 g/mol. The van der Waals surface area contributed by atoms with Crippen LogP contribution >= 0.6 is 22.9 Å². The minimum atomic E-state index is -8.70. The summed E-state index contributed by atoms with van der Waals surface area (Å²) in [6, 6.07) is 0. The van der Waals surface area contributed by atoms with Crippen molar-refractivity contribution in [2.45, 2.75) is 85.4 Å². The van der Waals surface area contributed by atoms with Crippen LogP contribution in [0, 0.1) is 0 Å². The van der Waals surface area contributed by atoms with Crippen LogP contribution in [0.5, 0.6) is 0 Å². The average Bonchev–Trinajstić information content (AvgIpc) is 3.13. The molecule has 0 aliphatic heterocycles. The minimum absolute atomic E-state index is 0.0199. The smallest absolute Gasteiger partial charge is 0.365 e. The Morgan fingerprint density at radius 3 is 1.48 bits per heavy atom. The van der Waals surface area contributed by atoms with E-state index in [2.05, 4.69) is 11.6 Å². The van der Waals surface area contributed by atoms with E-state index in [0.29, 0.717) is 25.7 Å². The lowest BCUT2D eigenvalue weighted by Gasteiger charge is -2.42. The zero-order valence-electron chi connectivity index (χ0n) is 20.0. The third kappa shape index (κ3) is 5.14. The SMILES string of the molecule is NC(=O)c1c(NC(=O)C(F)(F)C(F)(F)C(F)(F)C(F)(F)C(F)(F)C(F)(F)C(F)(F)C(F)(F)Cl)sc2c1CCCCCC2. The number of carbonyl (C=O) groups is 2. The van der Waals surface area contributed by atoms with E-state index >= 15 is 0 Å². The zero-order chi connectivity index (χ0) is 33.1. The Labute approximate surface area is 232 Å².